The number of aliphatic carboxylic acids is 1. The fourth-order valence-electron chi connectivity index (χ4n) is 1.60. The minimum absolute atomic E-state index is 0.0238. The summed E-state index contributed by atoms with van der Waals surface area (Å²) in [5, 5.41) is 20.8. The maximum Gasteiger partial charge on any atom is 0.328 e. The van der Waals surface area contributed by atoms with Crippen molar-refractivity contribution >= 4 is 11.9 Å². The molecule has 0 aromatic rings. The third-order valence-electron chi connectivity index (χ3n) is 2.84. The lowest BCUT2D eigenvalue weighted by Gasteiger charge is -2.22. The number of nitrogens with one attached hydrogen (secondary N) is 1. The molecule has 0 aliphatic rings. The SMILES string of the molecule is CC(C)C(/C=C/C(=O)O)NC(=O)[C@@H](N)C[C@@H](O)CCN. The van der Waals surface area contributed by atoms with E-state index in [-0.39, 0.29) is 12.3 Å². The molecule has 0 radical (unpaired) electrons. The van der Waals surface area contributed by atoms with Crippen molar-refractivity contribution in [3.63, 3.8) is 0 Å². The van der Waals surface area contributed by atoms with E-state index in [1.165, 1.54) is 6.08 Å². The van der Waals surface area contributed by atoms with Crippen LogP contribution in [-0.2, 0) is 9.59 Å². The third-order valence-corrected chi connectivity index (χ3v) is 2.84. The Labute approximate surface area is 119 Å². The van der Waals surface area contributed by atoms with Gasteiger partial charge in [0, 0.05) is 12.1 Å². The number of carbonyl (C=O) groups is 2. The summed E-state index contributed by atoms with van der Waals surface area (Å²) in [6, 6.07) is -1.27. The number of rotatable bonds is 9. The summed E-state index contributed by atoms with van der Waals surface area (Å²) in [5.74, 6) is -1.47. The summed E-state index contributed by atoms with van der Waals surface area (Å²) in [5.41, 5.74) is 11.0. The summed E-state index contributed by atoms with van der Waals surface area (Å²) in [4.78, 5) is 22.4. The Bertz CT molecular complexity index is 345. The van der Waals surface area contributed by atoms with Gasteiger partial charge in [-0.2, -0.15) is 0 Å². The Morgan fingerprint density at radius 1 is 1.35 bits per heavy atom. The lowest BCUT2D eigenvalue weighted by Crippen LogP contribution is -2.47. The molecule has 7 heteroatoms. The average molecular weight is 287 g/mol. The first-order valence-electron chi connectivity index (χ1n) is 6.63. The first-order valence-corrected chi connectivity index (χ1v) is 6.63. The Hall–Kier alpha value is -1.44. The van der Waals surface area contributed by atoms with Gasteiger partial charge in [-0.15, -0.1) is 0 Å². The summed E-state index contributed by atoms with van der Waals surface area (Å²) in [6.45, 7) is 4.03. The van der Waals surface area contributed by atoms with Gasteiger partial charge in [-0.1, -0.05) is 19.9 Å². The van der Waals surface area contributed by atoms with Crippen molar-refractivity contribution in [2.75, 3.05) is 6.54 Å². The van der Waals surface area contributed by atoms with Crippen molar-refractivity contribution in [3.8, 4) is 0 Å². The van der Waals surface area contributed by atoms with E-state index in [0.29, 0.717) is 13.0 Å². The van der Waals surface area contributed by atoms with Crippen molar-refractivity contribution in [1.82, 2.24) is 5.32 Å². The monoisotopic (exact) mass is 287 g/mol. The van der Waals surface area contributed by atoms with Gasteiger partial charge in [-0.05, 0) is 25.3 Å². The topological polar surface area (TPSA) is 139 Å². The molecule has 7 N–H and O–H groups in total. The Balaban J connectivity index is 4.48. The fraction of sp³-hybridized carbons (Fsp3) is 0.692. The second-order valence-electron chi connectivity index (χ2n) is 5.05. The maximum atomic E-state index is 11.9. The Morgan fingerprint density at radius 3 is 2.40 bits per heavy atom. The number of amides is 1. The molecule has 0 aliphatic heterocycles. The number of carboxylic acid groups (broad SMARTS) is 1. The second kappa shape index (κ2) is 9.46. The number of carbonyl (C=O) groups excluding carboxylic acids is 1. The molecule has 1 unspecified atom stereocenters. The van der Waals surface area contributed by atoms with Crippen LogP contribution in [0.1, 0.15) is 26.7 Å². The molecule has 0 aromatic heterocycles. The molecular formula is C13H25N3O4. The van der Waals surface area contributed by atoms with E-state index in [9.17, 15) is 14.7 Å². The van der Waals surface area contributed by atoms with Crippen LogP contribution in [0.2, 0.25) is 0 Å². The summed E-state index contributed by atoms with van der Waals surface area (Å²) >= 11 is 0. The fourth-order valence-corrected chi connectivity index (χ4v) is 1.60. The van der Waals surface area contributed by atoms with Gasteiger partial charge in [0.25, 0.3) is 0 Å². The highest BCUT2D eigenvalue weighted by Crippen LogP contribution is 2.06. The van der Waals surface area contributed by atoms with Crippen LogP contribution in [-0.4, -0.2) is 46.8 Å². The van der Waals surface area contributed by atoms with Crippen LogP contribution in [0.5, 0.6) is 0 Å². The molecule has 0 heterocycles. The van der Waals surface area contributed by atoms with Gasteiger partial charge in [0.05, 0.1) is 12.1 Å². The summed E-state index contributed by atoms with van der Waals surface area (Å²) < 4.78 is 0. The predicted octanol–water partition coefficient (Wildman–Crippen LogP) is -0.805. The van der Waals surface area contributed by atoms with Gasteiger partial charge in [0.2, 0.25) is 5.91 Å². The number of hydrogen-bond donors (Lipinski definition) is 5. The lowest BCUT2D eigenvalue weighted by atomic mass is 10.0. The molecule has 1 amide bonds. The van der Waals surface area contributed by atoms with Gasteiger partial charge < -0.3 is 27.0 Å². The molecular weight excluding hydrogens is 262 g/mol. The standard InChI is InChI=1S/C13H25N3O4/c1-8(2)11(3-4-12(18)19)16-13(20)10(15)7-9(17)5-6-14/h3-4,8-11,17H,5-7,14-15H2,1-2H3,(H,16,20)(H,18,19)/b4-3+/t9-,10-,11?/m0/s1. The van der Waals surface area contributed by atoms with E-state index in [4.69, 9.17) is 16.6 Å². The van der Waals surface area contributed by atoms with Crippen LogP contribution in [0.3, 0.4) is 0 Å². The minimum atomic E-state index is -1.08. The van der Waals surface area contributed by atoms with Crippen molar-refractivity contribution in [3.05, 3.63) is 12.2 Å². The first-order chi connectivity index (χ1) is 9.27. The molecule has 0 saturated carbocycles. The van der Waals surface area contributed by atoms with E-state index in [1.54, 1.807) is 0 Å². The van der Waals surface area contributed by atoms with Gasteiger partial charge >= 0.3 is 5.97 Å². The van der Waals surface area contributed by atoms with E-state index >= 15 is 0 Å². The minimum Gasteiger partial charge on any atom is -0.478 e. The highest BCUT2D eigenvalue weighted by atomic mass is 16.4. The zero-order valence-electron chi connectivity index (χ0n) is 12.0. The molecule has 0 bridgehead atoms. The number of carboxylic acids is 1. The quantitative estimate of drug-likeness (QED) is 0.352. The Kier molecular flexibility index (Phi) is 8.78. The van der Waals surface area contributed by atoms with Crippen molar-refractivity contribution < 1.29 is 19.8 Å². The van der Waals surface area contributed by atoms with Crippen LogP contribution in [0.15, 0.2) is 12.2 Å². The van der Waals surface area contributed by atoms with E-state index in [1.807, 2.05) is 13.8 Å². The third kappa shape index (κ3) is 7.88. The largest absolute Gasteiger partial charge is 0.478 e. The van der Waals surface area contributed by atoms with Crippen LogP contribution < -0.4 is 16.8 Å². The highest BCUT2D eigenvalue weighted by Gasteiger charge is 2.21. The average Bonchev–Trinajstić information content (AvgIpc) is 2.33. The molecule has 0 aromatic carbocycles. The van der Waals surface area contributed by atoms with Crippen molar-refractivity contribution in [2.45, 2.75) is 44.9 Å². The molecule has 0 saturated heterocycles. The van der Waals surface area contributed by atoms with Crippen LogP contribution >= 0.6 is 0 Å². The van der Waals surface area contributed by atoms with Gasteiger partial charge in [-0.25, -0.2) is 4.79 Å². The first kappa shape index (κ1) is 18.6. The summed E-state index contributed by atoms with van der Waals surface area (Å²) in [6.07, 6.45) is 2.19. The molecule has 0 rings (SSSR count). The molecule has 116 valence electrons. The van der Waals surface area contributed by atoms with Crippen LogP contribution in [0.25, 0.3) is 0 Å². The normalized spacial score (nSPS) is 16.1. The highest BCUT2D eigenvalue weighted by molar-refractivity contribution is 5.83. The Morgan fingerprint density at radius 2 is 1.95 bits per heavy atom. The van der Waals surface area contributed by atoms with E-state index in [0.717, 1.165) is 6.08 Å². The zero-order chi connectivity index (χ0) is 15.7. The number of nitrogens with two attached hydrogens (primary N) is 2. The second-order valence-corrected chi connectivity index (χ2v) is 5.05. The van der Waals surface area contributed by atoms with Crippen molar-refractivity contribution in [2.24, 2.45) is 17.4 Å². The predicted molar refractivity (Wildman–Crippen MR) is 75.8 cm³/mol. The van der Waals surface area contributed by atoms with E-state index < -0.39 is 30.1 Å². The van der Waals surface area contributed by atoms with E-state index in [2.05, 4.69) is 5.32 Å². The van der Waals surface area contributed by atoms with Crippen LogP contribution in [0, 0.1) is 5.92 Å². The number of aliphatic hydroxyl groups is 1. The zero-order valence-corrected chi connectivity index (χ0v) is 12.0. The van der Waals surface area contributed by atoms with Crippen LogP contribution in [0.4, 0.5) is 0 Å². The molecule has 7 nitrogen and oxygen atoms in total. The van der Waals surface area contributed by atoms with Gasteiger partial charge in [0.15, 0.2) is 0 Å². The van der Waals surface area contributed by atoms with Gasteiger partial charge in [-0.3, -0.25) is 4.79 Å². The molecule has 3 atom stereocenters. The summed E-state index contributed by atoms with van der Waals surface area (Å²) in [7, 11) is 0. The van der Waals surface area contributed by atoms with Crippen molar-refractivity contribution in [1.29, 1.82) is 0 Å². The molecule has 0 spiro atoms. The molecule has 0 aliphatic carbocycles. The smallest absolute Gasteiger partial charge is 0.328 e. The van der Waals surface area contributed by atoms with Gasteiger partial charge in [0.1, 0.15) is 0 Å². The molecule has 20 heavy (non-hydrogen) atoms. The number of aliphatic hydroxyl groups excluding tert-OH is 1. The lowest BCUT2D eigenvalue weighted by molar-refractivity contribution is -0.131. The molecule has 0 fully saturated rings. The number of hydrogen-bond acceptors (Lipinski definition) is 5. The maximum absolute atomic E-state index is 11.9.